The van der Waals surface area contributed by atoms with Gasteiger partial charge in [-0.3, -0.25) is 0 Å². The average Bonchev–Trinajstić information content (AvgIpc) is 3.42. The fourth-order valence-electron chi connectivity index (χ4n) is 6.42. The molecule has 0 amide bonds. The van der Waals surface area contributed by atoms with Crippen LogP contribution in [0.3, 0.4) is 0 Å². The van der Waals surface area contributed by atoms with Gasteiger partial charge in [-0.1, -0.05) is 0 Å². The van der Waals surface area contributed by atoms with Crippen LogP contribution in [-0.2, 0) is 28.4 Å². The van der Waals surface area contributed by atoms with Crippen LogP contribution in [0.25, 0.3) is 5.76 Å². The number of benzene rings is 1. The zero-order valence-corrected chi connectivity index (χ0v) is 27.9. The Morgan fingerprint density at radius 3 is 1.91 bits per heavy atom. The summed E-state index contributed by atoms with van der Waals surface area (Å²) in [6.07, 6.45) is -20.1. The molecule has 15 atom stereocenters. The normalized spacial score (nSPS) is 40.1. The molecular weight excluding hydrogens is 716 g/mol. The van der Waals surface area contributed by atoms with Gasteiger partial charge < -0.3 is 99.2 Å². The highest BCUT2D eigenvalue weighted by atomic mass is 16.8. The molecule has 5 aliphatic rings. The van der Waals surface area contributed by atoms with Gasteiger partial charge in [-0.2, -0.15) is 0 Å². The summed E-state index contributed by atoms with van der Waals surface area (Å²) in [4.78, 5) is 0. The molecule has 4 heterocycles. The lowest BCUT2D eigenvalue weighted by molar-refractivity contribution is -0.330. The van der Waals surface area contributed by atoms with E-state index in [1.165, 1.54) is 37.5 Å². The van der Waals surface area contributed by atoms with E-state index in [-0.39, 0.29) is 45.7 Å². The lowest BCUT2D eigenvalue weighted by atomic mass is 9.96. The van der Waals surface area contributed by atoms with Crippen LogP contribution in [0, 0.1) is 0 Å². The number of aromatic hydroxyl groups is 1. The molecule has 1 aliphatic carbocycles. The number of phenols is 1. The molecular formula is C33H43O20+. The van der Waals surface area contributed by atoms with Crippen molar-refractivity contribution in [3.63, 3.8) is 0 Å². The molecule has 1 aromatic rings. The van der Waals surface area contributed by atoms with E-state index < -0.39 is 112 Å². The third kappa shape index (κ3) is 7.57. The van der Waals surface area contributed by atoms with E-state index in [0.29, 0.717) is 0 Å². The van der Waals surface area contributed by atoms with E-state index in [1.54, 1.807) is 0 Å². The summed E-state index contributed by atoms with van der Waals surface area (Å²) in [5.74, 6) is -0.822. The Bertz CT molecular complexity index is 1590. The number of hydrogen-bond donors (Lipinski definition) is 12. The lowest BCUT2D eigenvalue weighted by Crippen LogP contribution is -2.61. The number of rotatable bonds is 11. The summed E-state index contributed by atoms with van der Waals surface area (Å²) in [6, 6.07) is 4.17. The van der Waals surface area contributed by atoms with Crippen molar-refractivity contribution in [2.24, 2.45) is 0 Å². The number of aliphatic hydroxyl groups is 13. The number of phenolic OH excluding ortho intramolecular Hbond substituents is 1. The highest BCUT2D eigenvalue weighted by Crippen LogP contribution is 2.41. The Kier molecular flexibility index (Phi) is 11.8. The first-order valence-corrected chi connectivity index (χ1v) is 16.5. The van der Waals surface area contributed by atoms with E-state index in [1.807, 2.05) is 0 Å². The van der Waals surface area contributed by atoms with Gasteiger partial charge in [0.25, 0.3) is 0 Å². The number of methoxy groups -OCH3 is 1. The van der Waals surface area contributed by atoms with Crippen molar-refractivity contribution in [2.45, 2.75) is 92.1 Å². The Labute approximate surface area is 300 Å². The molecule has 6 rings (SSSR count). The maximum absolute atomic E-state index is 11.2. The number of fused-ring (bicyclic) bond motifs is 1. The summed E-state index contributed by atoms with van der Waals surface area (Å²) in [5.41, 5.74) is 0.431. The first-order valence-electron chi connectivity index (χ1n) is 16.5. The van der Waals surface area contributed by atoms with Gasteiger partial charge in [-0.25, -0.2) is 0 Å². The zero-order valence-electron chi connectivity index (χ0n) is 27.9. The monoisotopic (exact) mass is 759 g/mol. The van der Waals surface area contributed by atoms with Crippen LogP contribution >= 0.6 is 0 Å². The lowest BCUT2D eigenvalue weighted by Gasteiger charge is -2.43. The van der Waals surface area contributed by atoms with Gasteiger partial charge >= 0.3 is 5.76 Å². The zero-order chi connectivity index (χ0) is 38.3. The highest BCUT2D eigenvalue weighted by Gasteiger charge is 2.52. The van der Waals surface area contributed by atoms with Gasteiger partial charge in [0.2, 0.25) is 24.4 Å². The molecule has 0 radical (unpaired) electrons. The summed E-state index contributed by atoms with van der Waals surface area (Å²) in [7, 11) is 1.31. The molecule has 20 heteroatoms. The van der Waals surface area contributed by atoms with Crippen molar-refractivity contribution in [2.75, 3.05) is 26.9 Å². The molecule has 0 aromatic heterocycles. The van der Waals surface area contributed by atoms with Crippen molar-refractivity contribution in [1.29, 1.82) is 0 Å². The molecule has 294 valence electrons. The van der Waals surface area contributed by atoms with Crippen molar-refractivity contribution >= 4 is 5.76 Å². The Morgan fingerprint density at radius 1 is 0.679 bits per heavy atom. The van der Waals surface area contributed by atoms with E-state index >= 15 is 0 Å². The second kappa shape index (κ2) is 16.0. The molecule has 53 heavy (non-hydrogen) atoms. The summed E-state index contributed by atoms with van der Waals surface area (Å²) < 4.78 is 44.6. The van der Waals surface area contributed by atoms with Crippen LogP contribution in [0.5, 0.6) is 11.5 Å². The third-order valence-electron chi connectivity index (χ3n) is 9.40. The van der Waals surface area contributed by atoms with Crippen LogP contribution in [0.4, 0.5) is 0 Å². The minimum atomic E-state index is -1.86. The molecule has 3 fully saturated rings. The van der Waals surface area contributed by atoms with Crippen LogP contribution in [0.2, 0.25) is 0 Å². The van der Waals surface area contributed by atoms with Gasteiger partial charge in [-0.15, -0.1) is 0 Å². The van der Waals surface area contributed by atoms with E-state index in [0.717, 1.165) is 6.08 Å². The molecule has 0 bridgehead atoms. The van der Waals surface area contributed by atoms with Crippen LogP contribution in [0.1, 0.15) is 5.56 Å². The van der Waals surface area contributed by atoms with E-state index in [2.05, 4.69) is 0 Å². The third-order valence-corrected chi connectivity index (χ3v) is 9.40. The van der Waals surface area contributed by atoms with Crippen LogP contribution in [0.15, 0.2) is 59.3 Å². The molecule has 4 aliphatic heterocycles. The molecule has 1 unspecified atom stereocenters. The van der Waals surface area contributed by atoms with Gasteiger partial charge in [0.15, 0.2) is 23.9 Å². The molecule has 20 nitrogen and oxygen atoms in total. The number of hydrogen-bond acceptors (Lipinski definition) is 19. The molecule has 0 saturated carbocycles. The van der Waals surface area contributed by atoms with Crippen LogP contribution < -0.4 is 4.74 Å². The smallest absolute Gasteiger partial charge is 0.305 e. The largest absolute Gasteiger partial charge is 0.571 e. The average molecular weight is 760 g/mol. The van der Waals surface area contributed by atoms with Crippen molar-refractivity contribution in [3.8, 4) is 11.5 Å². The topological polar surface area (TPSA) is 320 Å². The SMILES string of the molecule is COc1cc(C2=C(O[C@@H]3O[C@H](CO)[C@@H](O)[C@H](O)[C@H]3O[C@@H]3O[C@H](CO)[C@H](O)[C@H]3O)C=C3C(O[C@@H]4O[C@H](CO)[C@@H](O)[C@H](O)[C@H]4O)=CC(O)=CC3[OH+]2)ccc1O. The Balaban J connectivity index is 1.40. The van der Waals surface area contributed by atoms with Crippen molar-refractivity contribution in [1.82, 2.24) is 0 Å². The molecule has 3 saturated heterocycles. The second-order valence-electron chi connectivity index (χ2n) is 12.8. The summed E-state index contributed by atoms with van der Waals surface area (Å²) in [5, 5.41) is 124. The Morgan fingerprint density at radius 2 is 1.26 bits per heavy atom. The van der Waals surface area contributed by atoms with Crippen molar-refractivity contribution in [3.05, 3.63) is 64.8 Å². The van der Waals surface area contributed by atoms with E-state index in [9.17, 15) is 61.3 Å². The van der Waals surface area contributed by atoms with Crippen molar-refractivity contribution < 1.29 is 99.2 Å². The highest BCUT2D eigenvalue weighted by molar-refractivity contribution is 5.69. The minimum Gasteiger partial charge on any atom is -0.571 e. The molecule has 0 spiro atoms. The number of aliphatic hydroxyl groups excluding tert-OH is 11. The standard InChI is InChI=1S/C33H42O20/c1-46-17-4-11(2-3-14(17)38)29-18(49-33-30(26(43)23(40)20(9-35)52-33)53-32-27(44)24(41)21(10-36)51-32)7-13-15(47-29)5-12(37)6-16(13)48-31-28(45)25(42)22(39)19(8-34)50-31/h2-7,15,19-28,30-45H,8-10H2,1H3/p+1/t15?,19-,20-,21-,22-,23-,24+,25+,26+,27-,28-,30-,31-,32+,33-/m1/s1. The first kappa shape index (κ1) is 39.1. The quantitative estimate of drug-likeness (QED) is 0.0944. The first-order chi connectivity index (χ1) is 25.3. The maximum atomic E-state index is 11.2. The number of allylic oxidation sites excluding steroid dienone is 2. The van der Waals surface area contributed by atoms with Gasteiger partial charge in [-0.05, 0) is 12.1 Å². The van der Waals surface area contributed by atoms with E-state index in [4.69, 9.17) is 37.9 Å². The van der Waals surface area contributed by atoms with Gasteiger partial charge in [0.1, 0.15) is 72.6 Å². The fourth-order valence-corrected chi connectivity index (χ4v) is 6.42. The molecule has 13 N–H and O–H groups in total. The predicted molar refractivity (Wildman–Crippen MR) is 171 cm³/mol. The minimum absolute atomic E-state index is 0.0336. The Hall–Kier alpha value is -3.58. The predicted octanol–water partition coefficient (Wildman–Crippen LogP) is -4.66. The van der Waals surface area contributed by atoms with Gasteiger partial charge in [0, 0.05) is 18.2 Å². The fraction of sp³-hybridized carbons (Fsp3) is 0.576. The molecule has 1 aromatic carbocycles. The second-order valence-corrected chi connectivity index (χ2v) is 12.8. The summed E-state index contributed by atoms with van der Waals surface area (Å²) >= 11 is 0. The summed E-state index contributed by atoms with van der Waals surface area (Å²) in [6.45, 7) is -2.22. The van der Waals surface area contributed by atoms with Gasteiger partial charge in [0.05, 0.1) is 44.1 Å². The number of ether oxygens (including phenoxy) is 8. The van der Waals surface area contributed by atoms with Crippen LogP contribution in [-0.4, -0.2) is 185 Å². The maximum Gasteiger partial charge on any atom is 0.305 e.